The predicted octanol–water partition coefficient (Wildman–Crippen LogP) is 5.74. The number of allylic oxidation sites excluding steroid dienone is 1. The van der Waals surface area contributed by atoms with Gasteiger partial charge in [-0.3, -0.25) is 4.90 Å². The minimum atomic E-state index is -0.355. The van der Waals surface area contributed by atoms with Gasteiger partial charge in [0.05, 0.1) is 11.6 Å². The molecule has 2 heterocycles. The summed E-state index contributed by atoms with van der Waals surface area (Å²) >= 11 is 5.73. The largest absolute Gasteiger partial charge is 0.351 e. The standard InChI is InChI=1S/C25H19FN4OS/c1-16-21(24-28-23(29-31-24)18-11-8-12-19(26)15-18)22(17-9-4-2-5-10-17)27-25(32)30(16)20-13-6-3-7-14-20/h2-15,22H,1H3,(H,27,32). The molecule has 1 unspecified atom stereocenters. The highest BCUT2D eigenvalue weighted by molar-refractivity contribution is 7.80. The molecule has 0 saturated heterocycles. The third kappa shape index (κ3) is 3.67. The fourth-order valence-electron chi connectivity index (χ4n) is 3.88. The third-order valence-electron chi connectivity index (χ3n) is 5.37. The Morgan fingerprint density at radius 1 is 0.969 bits per heavy atom. The van der Waals surface area contributed by atoms with Crippen LogP contribution >= 0.6 is 12.2 Å². The monoisotopic (exact) mass is 442 g/mol. The predicted molar refractivity (Wildman–Crippen MR) is 126 cm³/mol. The lowest BCUT2D eigenvalue weighted by Crippen LogP contribution is -2.46. The van der Waals surface area contributed by atoms with E-state index in [0.717, 1.165) is 22.5 Å². The van der Waals surface area contributed by atoms with E-state index >= 15 is 0 Å². The molecular formula is C25H19FN4OS. The molecule has 0 spiro atoms. The molecule has 3 aromatic carbocycles. The van der Waals surface area contributed by atoms with Crippen molar-refractivity contribution in [1.29, 1.82) is 0 Å². The fourth-order valence-corrected chi connectivity index (χ4v) is 4.24. The first-order chi connectivity index (χ1) is 15.6. The molecule has 0 amide bonds. The van der Waals surface area contributed by atoms with Crippen LogP contribution < -0.4 is 10.2 Å². The number of halogens is 1. The summed E-state index contributed by atoms with van der Waals surface area (Å²) in [5, 5.41) is 8.13. The van der Waals surface area contributed by atoms with E-state index in [-0.39, 0.29) is 11.9 Å². The Morgan fingerprint density at radius 3 is 2.41 bits per heavy atom. The summed E-state index contributed by atoms with van der Waals surface area (Å²) in [6.07, 6.45) is 0. The lowest BCUT2D eigenvalue weighted by molar-refractivity contribution is 0.404. The van der Waals surface area contributed by atoms with E-state index in [0.29, 0.717) is 22.4 Å². The van der Waals surface area contributed by atoms with E-state index in [1.54, 1.807) is 12.1 Å². The van der Waals surface area contributed by atoms with Crippen LogP contribution in [0.25, 0.3) is 17.0 Å². The molecule has 1 aromatic heterocycles. The van der Waals surface area contributed by atoms with Gasteiger partial charge in [0.25, 0.3) is 5.89 Å². The van der Waals surface area contributed by atoms with E-state index in [2.05, 4.69) is 15.5 Å². The van der Waals surface area contributed by atoms with Gasteiger partial charge < -0.3 is 9.84 Å². The van der Waals surface area contributed by atoms with Crippen molar-refractivity contribution in [2.24, 2.45) is 0 Å². The van der Waals surface area contributed by atoms with E-state index < -0.39 is 0 Å². The van der Waals surface area contributed by atoms with Crippen molar-refractivity contribution in [3.05, 3.63) is 108 Å². The van der Waals surface area contributed by atoms with Gasteiger partial charge in [-0.25, -0.2) is 4.39 Å². The van der Waals surface area contributed by atoms with Crippen LogP contribution in [0.15, 0.2) is 95.1 Å². The molecular weight excluding hydrogens is 423 g/mol. The van der Waals surface area contributed by atoms with Crippen LogP contribution in [-0.4, -0.2) is 15.3 Å². The van der Waals surface area contributed by atoms with Gasteiger partial charge >= 0.3 is 0 Å². The second-order valence-electron chi connectivity index (χ2n) is 7.40. The van der Waals surface area contributed by atoms with Crippen LogP contribution in [0.2, 0.25) is 0 Å². The maximum atomic E-state index is 13.7. The van der Waals surface area contributed by atoms with Crippen LogP contribution in [-0.2, 0) is 0 Å². The topological polar surface area (TPSA) is 54.2 Å². The highest BCUT2D eigenvalue weighted by atomic mass is 32.1. The summed E-state index contributed by atoms with van der Waals surface area (Å²) in [6, 6.07) is 25.7. The van der Waals surface area contributed by atoms with Crippen molar-refractivity contribution < 1.29 is 8.91 Å². The number of hydrogen-bond donors (Lipinski definition) is 1. The van der Waals surface area contributed by atoms with Gasteiger partial charge in [0.15, 0.2) is 5.11 Å². The molecule has 32 heavy (non-hydrogen) atoms. The highest BCUT2D eigenvalue weighted by Gasteiger charge is 2.34. The molecule has 5 rings (SSSR count). The molecule has 1 atom stereocenters. The molecule has 7 heteroatoms. The number of aromatic nitrogens is 2. The van der Waals surface area contributed by atoms with Gasteiger partial charge in [0.2, 0.25) is 5.82 Å². The van der Waals surface area contributed by atoms with E-state index in [4.69, 9.17) is 16.7 Å². The second kappa shape index (κ2) is 8.36. The molecule has 1 aliphatic rings. The van der Waals surface area contributed by atoms with Crippen molar-refractivity contribution in [3.63, 3.8) is 0 Å². The zero-order valence-corrected chi connectivity index (χ0v) is 18.0. The second-order valence-corrected chi connectivity index (χ2v) is 7.78. The minimum absolute atomic E-state index is 0.274. The maximum absolute atomic E-state index is 13.7. The Kier molecular flexibility index (Phi) is 5.25. The molecule has 0 radical (unpaired) electrons. The SMILES string of the molecule is CC1=C(c2nc(-c3cccc(F)c3)no2)C(c2ccccc2)NC(=S)N1c1ccccc1. The first-order valence-corrected chi connectivity index (χ1v) is 10.5. The van der Waals surface area contributed by atoms with Crippen LogP contribution in [0.4, 0.5) is 10.1 Å². The first-order valence-electron chi connectivity index (χ1n) is 10.1. The Balaban J connectivity index is 1.66. The maximum Gasteiger partial charge on any atom is 0.258 e. The number of anilines is 1. The molecule has 158 valence electrons. The summed E-state index contributed by atoms with van der Waals surface area (Å²) in [7, 11) is 0. The molecule has 0 saturated carbocycles. The first kappa shape index (κ1) is 20.1. The molecule has 5 nitrogen and oxygen atoms in total. The van der Waals surface area contributed by atoms with Crippen molar-refractivity contribution in [2.45, 2.75) is 13.0 Å². The van der Waals surface area contributed by atoms with E-state index in [1.165, 1.54) is 12.1 Å². The Labute approximate surface area is 190 Å². The van der Waals surface area contributed by atoms with Gasteiger partial charge in [-0.15, -0.1) is 0 Å². The average molecular weight is 443 g/mol. The van der Waals surface area contributed by atoms with Crippen molar-refractivity contribution in [2.75, 3.05) is 4.90 Å². The van der Waals surface area contributed by atoms with Gasteiger partial charge in [-0.1, -0.05) is 65.8 Å². The number of nitrogens with one attached hydrogen (secondary N) is 1. The fraction of sp³-hybridized carbons (Fsp3) is 0.0800. The van der Waals surface area contributed by atoms with Crippen LogP contribution in [0.3, 0.4) is 0 Å². The number of para-hydroxylation sites is 1. The molecule has 0 aliphatic carbocycles. The Hall–Kier alpha value is -3.84. The third-order valence-corrected chi connectivity index (χ3v) is 5.67. The lowest BCUT2D eigenvalue weighted by atomic mass is 9.94. The van der Waals surface area contributed by atoms with Crippen LogP contribution in [0.5, 0.6) is 0 Å². The highest BCUT2D eigenvalue weighted by Crippen LogP contribution is 2.39. The Morgan fingerprint density at radius 2 is 1.69 bits per heavy atom. The zero-order valence-electron chi connectivity index (χ0n) is 17.2. The summed E-state index contributed by atoms with van der Waals surface area (Å²) in [5.74, 6) is 0.323. The minimum Gasteiger partial charge on any atom is -0.351 e. The number of hydrogen-bond acceptors (Lipinski definition) is 4. The molecule has 1 aliphatic heterocycles. The van der Waals surface area contributed by atoms with Gasteiger partial charge in [-0.05, 0) is 49.0 Å². The van der Waals surface area contributed by atoms with Gasteiger partial charge in [0.1, 0.15) is 5.82 Å². The average Bonchev–Trinajstić information content (AvgIpc) is 3.30. The number of thiocarbonyl (C=S) groups is 1. The van der Waals surface area contributed by atoms with Crippen molar-refractivity contribution >= 4 is 28.6 Å². The molecule has 4 aromatic rings. The zero-order chi connectivity index (χ0) is 22.1. The Bertz CT molecular complexity index is 1300. The van der Waals surface area contributed by atoms with E-state index in [9.17, 15) is 4.39 Å². The van der Waals surface area contributed by atoms with Crippen LogP contribution in [0, 0.1) is 5.82 Å². The molecule has 0 fully saturated rings. The summed E-state index contributed by atoms with van der Waals surface area (Å²) in [5.41, 5.74) is 4.18. The molecule has 0 bridgehead atoms. The van der Waals surface area contributed by atoms with Crippen molar-refractivity contribution in [1.82, 2.24) is 15.5 Å². The van der Waals surface area contributed by atoms with E-state index in [1.807, 2.05) is 72.5 Å². The number of nitrogens with zero attached hydrogens (tertiary/aromatic N) is 3. The summed E-state index contributed by atoms with van der Waals surface area (Å²) in [4.78, 5) is 6.57. The van der Waals surface area contributed by atoms with Gasteiger partial charge in [-0.2, -0.15) is 4.98 Å². The number of rotatable bonds is 4. The van der Waals surface area contributed by atoms with Crippen molar-refractivity contribution in [3.8, 4) is 11.4 Å². The van der Waals surface area contributed by atoms with Gasteiger partial charge in [0, 0.05) is 16.9 Å². The quantitative estimate of drug-likeness (QED) is 0.407. The summed E-state index contributed by atoms with van der Waals surface area (Å²) < 4.78 is 19.4. The summed E-state index contributed by atoms with van der Waals surface area (Å²) in [6.45, 7) is 1.98. The lowest BCUT2D eigenvalue weighted by Gasteiger charge is -2.37. The smallest absolute Gasteiger partial charge is 0.258 e. The normalized spacial score (nSPS) is 16.2. The molecule has 1 N–H and O–H groups in total. The number of benzene rings is 3. The van der Waals surface area contributed by atoms with Crippen LogP contribution in [0.1, 0.15) is 24.4 Å².